The van der Waals surface area contributed by atoms with Crippen molar-refractivity contribution >= 4 is 17.7 Å². The van der Waals surface area contributed by atoms with Crippen LogP contribution in [0.3, 0.4) is 0 Å². The molecule has 1 heterocycles. The van der Waals surface area contributed by atoms with Crippen molar-refractivity contribution in [2.75, 3.05) is 13.6 Å². The first-order chi connectivity index (χ1) is 10.8. The van der Waals surface area contributed by atoms with Crippen molar-refractivity contribution in [3.05, 3.63) is 29.3 Å². The molecule has 0 fully saturated rings. The number of amides is 2. The zero-order chi connectivity index (χ0) is 17.4. The van der Waals surface area contributed by atoms with Gasteiger partial charge in [0.05, 0.1) is 37.7 Å². The molecule has 1 aliphatic heterocycles. The number of carbonyl (C=O) groups excluding carboxylic acids is 1. The number of hydrogen-bond acceptors (Lipinski definition) is 3. The average Bonchev–Trinajstić information content (AvgIpc) is 2.51. The standard InChI is InChI=1S/C17H21N3O3/c1-5-19(17(22)23)15-8-11(2)20(4,12(3)21)16-7-6-13(10-18)9-14(15)16/h6-7,9,11,15H,5,8H2,1-4H3/p+1/t11-,15+,20?/m0/s1. The van der Waals surface area contributed by atoms with Crippen LogP contribution in [0.4, 0.5) is 10.5 Å². The number of rotatable bonds is 2. The summed E-state index contributed by atoms with van der Waals surface area (Å²) in [5, 5.41) is 18.7. The van der Waals surface area contributed by atoms with Crippen LogP contribution in [0.5, 0.6) is 0 Å². The second kappa shape index (κ2) is 6.01. The Morgan fingerprint density at radius 3 is 2.61 bits per heavy atom. The minimum atomic E-state index is -0.989. The average molecular weight is 316 g/mol. The Kier molecular flexibility index (Phi) is 4.44. The van der Waals surface area contributed by atoms with Gasteiger partial charge in [0.15, 0.2) is 0 Å². The first-order valence-corrected chi connectivity index (χ1v) is 7.68. The number of carboxylic acid groups (broad SMARTS) is 1. The van der Waals surface area contributed by atoms with Crippen molar-refractivity contribution in [3.8, 4) is 6.07 Å². The zero-order valence-corrected chi connectivity index (χ0v) is 13.9. The van der Waals surface area contributed by atoms with E-state index in [-0.39, 0.29) is 22.5 Å². The molecular formula is C17H22N3O3+. The van der Waals surface area contributed by atoms with E-state index in [1.807, 2.05) is 14.0 Å². The van der Waals surface area contributed by atoms with E-state index in [0.29, 0.717) is 18.5 Å². The molecule has 1 N–H and O–H groups in total. The van der Waals surface area contributed by atoms with Gasteiger partial charge in [0.25, 0.3) is 0 Å². The van der Waals surface area contributed by atoms with E-state index in [1.54, 1.807) is 32.0 Å². The first-order valence-electron chi connectivity index (χ1n) is 7.68. The maximum atomic E-state index is 12.3. The third-order valence-electron chi connectivity index (χ3n) is 5.08. The monoisotopic (exact) mass is 316 g/mol. The van der Waals surface area contributed by atoms with Gasteiger partial charge < -0.3 is 10.0 Å². The molecule has 0 saturated carbocycles. The molecule has 122 valence electrons. The third kappa shape index (κ3) is 2.57. The lowest BCUT2D eigenvalue weighted by Gasteiger charge is -2.45. The van der Waals surface area contributed by atoms with Gasteiger partial charge in [-0.2, -0.15) is 5.26 Å². The molecule has 1 aromatic rings. The van der Waals surface area contributed by atoms with E-state index in [0.717, 1.165) is 11.3 Å². The summed E-state index contributed by atoms with van der Waals surface area (Å²) in [4.78, 5) is 25.3. The molecule has 0 bridgehead atoms. The predicted molar refractivity (Wildman–Crippen MR) is 86.8 cm³/mol. The Morgan fingerprint density at radius 2 is 2.13 bits per heavy atom. The predicted octanol–water partition coefficient (Wildman–Crippen LogP) is 2.88. The van der Waals surface area contributed by atoms with Crippen LogP contribution < -0.4 is 4.48 Å². The molecule has 0 aromatic heterocycles. The third-order valence-corrected chi connectivity index (χ3v) is 5.08. The lowest BCUT2D eigenvalue weighted by atomic mass is 9.87. The summed E-state index contributed by atoms with van der Waals surface area (Å²) in [6.07, 6.45) is -0.449. The van der Waals surface area contributed by atoms with Crippen molar-refractivity contribution < 1.29 is 14.7 Å². The highest BCUT2D eigenvalue weighted by Gasteiger charge is 2.47. The Hall–Kier alpha value is -2.39. The van der Waals surface area contributed by atoms with Gasteiger partial charge in [0.2, 0.25) is 0 Å². The van der Waals surface area contributed by atoms with Crippen LogP contribution in [0.1, 0.15) is 44.4 Å². The van der Waals surface area contributed by atoms with Crippen LogP contribution in [-0.4, -0.2) is 41.6 Å². The van der Waals surface area contributed by atoms with Crippen LogP contribution in [0, 0.1) is 11.3 Å². The van der Waals surface area contributed by atoms with E-state index in [2.05, 4.69) is 6.07 Å². The fraction of sp³-hybridized carbons (Fsp3) is 0.471. The second-order valence-electron chi connectivity index (χ2n) is 6.15. The molecule has 6 nitrogen and oxygen atoms in total. The maximum absolute atomic E-state index is 12.3. The second-order valence-corrected chi connectivity index (χ2v) is 6.15. The van der Waals surface area contributed by atoms with Gasteiger partial charge in [-0.25, -0.2) is 14.1 Å². The van der Waals surface area contributed by atoms with Crippen molar-refractivity contribution in [2.24, 2.45) is 0 Å². The summed E-state index contributed by atoms with van der Waals surface area (Å²) in [5.74, 6) is 0.000260. The van der Waals surface area contributed by atoms with Crippen LogP contribution in [0.25, 0.3) is 0 Å². The Morgan fingerprint density at radius 1 is 1.48 bits per heavy atom. The highest BCUT2D eigenvalue weighted by Crippen LogP contribution is 2.44. The summed E-state index contributed by atoms with van der Waals surface area (Å²) in [6.45, 7) is 5.66. The van der Waals surface area contributed by atoms with Crippen LogP contribution in [0.2, 0.25) is 0 Å². The highest BCUT2D eigenvalue weighted by atomic mass is 16.4. The molecule has 0 radical (unpaired) electrons. The number of nitrogens with zero attached hydrogens (tertiary/aromatic N) is 3. The van der Waals surface area contributed by atoms with E-state index in [4.69, 9.17) is 5.26 Å². The Balaban J connectivity index is 2.70. The fourth-order valence-corrected chi connectivity index (χ4v) is 3.48. The number of nitriles is 1. The molecule has 2 rings (SSSR count). The summed E-state index contributed by atoms with van der Waals surface area (Å²) in [6, 6.07) is 6.89. The Bertz CT molecular complexity index is 695. The molecular weight excluding hydrogens is 294 g/mol. The SMILES string of the molecule is CCN(C(=O)O)[C@@H]1C[C@H](C)[N+](C)(C(C)=O)c2ccc(C#N)cc21. The normalized spacial score (nSPS) is 26.0. The molecule has 1 aliphatic rings. The van der Waals surface area contributed by atoms with Crippen LogP contribution in [-0.2, 0) is 4.79 Å². The lowest BCUT2D eigenvalue weighted by Crippen LogP contribution is -2.60. The summed E-state index contributed by atoms with van der Waals surface area (Å²) in [5.41, 5.74) is 2.00. The molecule has 1 unspecified atom stereocenters. The van der Waals surface area contributed by atoms with Gasteiger partial charge in [-0.3, -0.25) is 0 Å². The summed E-state index contributed by atoms with van der Waals surface area (Å²) >= 11 is 0. The number of fused-ring (bicyclic) bond motifs is 1. The zero-order valence-electron chi connectivity index (χ0n) is 13.9. The van der Waals surface area contributed by atoms with E-state index in [9.17, 15) is 14.7 Å². The molecule has 0 saturated heterocycles. The smallest absolute Gasteiger partial charge is 0.407 e. The molecule has 0 spiro atoms. The van der Waals surface area contributed by atoms with Gasteiger partial charge in [0, 0.05) is 24.6 Å². The van der Waals surface area contributed by atoms with Crippen molar-refractivity contribution in [2.45, 2.75) is 39.3 Å². The quantitative estimate of drug-likeness (QED) is 0.851. The molecule has 23 heavy (non-hydrogen) atoms. The van der Waals surface area contributed by atoms with Gasteiger partial charge in [0.1, 0.15) is 5.69 Å². The molecule has 2 amide bonds. The van der Waals surface area contributed by atoms with E-state index < -0.39 is 6.09 Å². The first kappa shape index (κ1) is 17.0. The van der Waals surface area contributed by atoms with Crippen LogP contribution >= 0.6 is 0 Å². The lowest BCUT2D eigenvalue weighted by molar-refractivity contribution is -0.129. The minimum absolute atomic E-state index is 0.000260. The molecule has 1 aromatic carbocycles. The maximum Gasteiger partial charge on any atom is 0.407 e. The number of quaternary nitrogens is 1. The molecule has 6 heteroatoms. The van der Waals surface area contributed by atoms with E-state index in [1.165, 1.54) is 4.90 Å². The van der Waals surface area contributed by atoms with Gasteiger partial charge in [-0.05, 0) is 26.0 Å². The minimum Gasteiger partial charge on any atom is -0.465 e. The fourth-order valence-electron chi connectivity index (χ4n) is 3.48. The van der Waals surface area contributed by atoms with Crippen molar-refractivity contribution in [1.82, 2.24) is 9.38 Å². The number of hydrogen-bond donors (Lipinski definition) is 1. The van der Waals surface area contributed by atoms with Crippen molar-refractivity contribution in [1.29, 1.82) is 5.26 Å². The van der Waals surface area contributed by atoms with Gasteiger partial charge in [-0.1, -0.05) is 0 Å². The summed E-state index contributed by atoms with van der Waals surface area (Å²) < 4.78 is 0.120. The largest absolute Gasteiger partial charge is 0.465 e. The van der Waals surface area contributed by atoms with Crippen LogP contribution in [0.15, 0.2) is 18.2 Å². The Labute approximate surface area is 136 Å². The number of carbonyl (C=O) groups is 2. The highest BCUT2D eigenvalue weighted by molar-refractivity contribution is 5.88. The number of benzene rings is 1. The molecule has 0 aliphatic carbocycles. The van der Waals surface area contributed by atoms with Gasteiger partial charge in [-0.15, -0.1) is 0 Å². The topological polar surface area (TPSA) is 81.4 Å². The summed E-state index contributed by atoms with van der Waals surface area (Å²) in [7, 11) is 1.85. The van der Waals surface area contributed by atoms with Gasteiger partial charge >= 0.3 is 12.0 Å². The molecule has 3 atom stereocenters. The van der Waals surface area contributed by atoms with Crippen molar-refractivity contribution in [3.63, 3.8) is 0 Å². The van der Waals surface area contributed by atoms with E-state index >= 15 is 0 Å².